The fourth-order valence-corrected chi connectivity index (χ4v) is 2.66. The van der Waals surface area contributed by atoms with Gasteiger partial charge in [-0.1, -0.05) is 13.8 Å². The number of carbonyl (C=O) groups is 1. The molecule has 4 heteroatoms. The maximum atomic E-state index is 11.7. The van der Waals surface area contributed by atoms with Crippen molar-refractivity contribution in [3.05, 3.63) is 26.9 Å². The van der Waals surface area contributed by atoms with E-state index < -0.39 is 0 Å². The summed E-state index contributed by atoms with van der Waals surface area (Å²) in [5.41, 5.74) is 0. The first kappa shape index (κ1) is 13.5. The molecule has 0 radical (unpaired) electrons. The Labute approximate surface area is 109 Å². The molecule has 0 aromatic carbocycles. The van der Waals surface area contributed by atoms with E-state index in [-0.39, 0.29) is 5.91 Å². The first-order valence-corrected chi connectivity index (χ1v) is 6.78. The number of hydrogen-bond acceptors (Lipinski definition) is 2. The maximum Gasteiger partial charge on any atom is 0.246 e. The lowest BCUT2D eigenvalue weighted by Gasteiger charge is -2.17. The van der Waals surface area contributed by atoms with E-state index in [0.29, 0.717) is 5.92 Å². The molecule has 16 heavy (non-hydrogen) atoms. The highest BCUT2D eigenvalue weighted by molar-refractivity contribution is 9.11. The summed E-state index contributed by atoms with van der Waals surface area (Å²) < 4.78 is 1.08. The summed E-state index contributed by atoms with van der Waals surface area (Å²) in [7, 11) is 1.83. The molecule has 0 saturated heterocycles. The zero-order valence-electron chi connectivity index (χ0n) is 9.74. The Balaban J connectivity index is 2.53. The van der Waals surface area contributed by atoms with Gasteiger partial charge in [-0.05, 0) is 40.1 Å². The molecule has 0 spiro atoms. The molecule has 0 atom stereocenters. The molecule has 0 saturated carbocycles. The van der Waals surface area contributed by atoms with Gasteiger partial charge in [0.2, 0.25) is 5.91 Å². The number of likely N-dealkylation sites (N-methyl/N-ethyl adjacent to an activating group) is 1. The lowest BCUT2D eigenvalue weighted by molar-refractivity contribution is -0.125. The van der Waals surface area contributed by atoms with E-state index in [2.05, 4.69) is 29.8 Å². The van der Waals surface area contributed by atoms with Crippen LogP contribution in [0.4, 0.5) is 0 Å². The van der Waals surface area contributed by atoms with E-state index in [1.165, 1.54) is 0 Å². The van der Waals surface area contributed by atoms with Gasteiger partial charge in [0.05, 0.1) is 3.79 Å². The van der Waals surface area contributed by atoms with Crippen LogP contribution in [0.3, 0.4) is 0 Å². The number of carbonyl (C=O) groups excluding carboxylic acids is 1. The van der Waals surface area contributed by atoms with Crippen LogP contribution >= 0.6 is 27.3 Å². The van der Waals surface area contributed by atoms with Crippen LogP contribution in [0.2, 0.25) is 0 Å². The molecular formula is C12H16BrNOS. The third kappa shape index (κ3) is 4.49. The quantitative estimate of drug-likeness (QED) is 0.778. The Morgan fingerprint density at radius 2 is 2.25 bits per heavy atom. The van der Waals surface area contributed by atoms with Gasteiger partial charge in [0.1, 0.15) is 0 Å². The van der Waals surface area contributed by atoms with Crippen molar-refractivity contribution in [1.29, 1.82) is 0 Å². The van der Waals surface area contributed by atoms with Crippen molar-refractivity contribution in [1.82, 2.24) is 4.90 Å². The highest BCUT2D eigenvalue weighted by Gasteiger charge is 2.06. The van der Waals surface area contributed by atoms with Crippen molar-refractivity contribution in [3.8, 4) is 0 Å². The van der Waals surface area contributed by atoms with Crippen LogP contribution in [0.15, 0.2) is 22.0 Å². The average molecular weight is 302 g/mol. The zero-order chi connectivity index (χ0) is 12.1. The second-order valence-corrected chi connectivity index (χ2v) is 6.58. The fourth-order valence-electron chi connectivity index (χ4n) is 1.34. The van der Waals surface area contributed by atoms with Gasteiger partial charge in [-0.15, -0.1) is 11.3 Å². The first-order chi connectivity index (χ1) is 7.49. The minimum Gasteiger partial charge on any atom is -0.342 e. The molecule has 0 aliphatic carbocycles. The third-order valence-corrected chi connectivity index (χ3v) is 3.59. The van der Waals surface area contributed by atoms with Gasteiger partial charge in [0.25, 0.3) is 0 Å². The van der Waals surface area contributed by atoms with Crippen LogP contribution in [-0.2, 0) is 4.79 Å². The molecule has 0 unspecified atom stereocenters. The molecule has 0 aliphatic rings. The molecule has 1 heterocycles. The second kappa shape index (κ2) is 6.21. The van der Waals surface area contributed by atoms with Gasteiger partial charge in [-0.3, -0.25) is 4.79 Å². The summed E-state index contributed by atoms with van der Waals surface area (Å²) in [5.74, 6) is 0.552. The van der Waals surface area contributed by atoms with Crippen molar-refractivity contribution in [2.45, 2.75) is 13.8 Å². The summed E-state index contributed by atoms with van der Waals surface area (Å²) in [4.78, 5) is 14.5. The van der Waals surface area contributed by atoms with Gasteiger partial charge in [-0.2, -0.15) is 0 Å². The van der Waals surface area contributed by atoms with Crippen LogP contribution in [0.25, 0.3) is 6.08 Å². The normalized spacial score (nSPS) is 11.3. The predicted molar refractivity (Wildman–Crippen MR) is 73.5 cm³/mol. The highest BCUT2D eigenvalue weighted by atomic mass is 79.9. The Kier molecular flexibility index (Phi) is 5.22. The number of nitrogens with zero attached hydrogens (tertiary/aromatic N) is 1. The van der Waals surface area contributed by atoms with Crippen LogP contribution in [0.5, 0.6) is 0 Å². The maximum absolute atomic E-state index is 11.7. The molecule has 1 rings (SSSR count). The second-order valence-electron chi connectivity index (χ2n) is 4.09. The molecule has 0 N–H and O–H groups in total. The van der Waals surface area contributed by atoms with Gasteiger partial charge < -0.3 is 4.90 Å². The van der Waals surface area contributed by atoms with Crippen LogP contribution < -0.4 is 0 Å². The smallest absolute Gasteiger partial charge is 0.246 e. The minimum atomic E-state index is 0.0539. The lowest BCUT2D eigenvalue weighted by Crippen LogP contribution is -2.28. The van der Waals surface area contributed by atoms with Crippen molar-refractivity contribution >= 4 is 39.2 Å². The van der Waals surface area contributed by atoms with Crippen molar-refractivity contribution in [2.24, 2.45) is 5.92 Å². The first-order valence-electron chi connectivity index (χ1n) is 5.17. The molecule has 1 amide bonds. The molecule has 0 aliphatic heterocycles. The molecule has 88 valence electrons. The molecule has 2 nitrogen and oxygen atoms in total. The topological polar surface area (TPSA) is 20.3 Å². The van der Waals surface area contributed by atoms with E-state index >= 15 is 0 Å². The SMILES string of the molecule is CC(C)CN(C)C(=O)/C=C/c1ccc(Br)s1. The Bertz CT molecular complexity index is 384. The number of amides is 1. The Morgan fingerprint density at radius 3 is 2.75 bits per heavy atom. The third-order valence-electron chi connectivity index (χ3n) is 2.00. The molecular weight excluding hydrogens is 286 g/mol. The molecule has 1 aromatic rings. The van der Waals surface area contributed by atoms with Crippen molar-refractivity contribution in [3.63, 3.8) is 0 Å². The summed E-state index contributed by atoms with van der Waals surface area (Å²) in [6, 6.07) is 3.97. The average Bonchev–Trinajstić information content (AvgIpc) is 2.59. The largest absolute Gasteiger partial charge is 0.342 e. The van der Waals surface area contributed by atoms with E-state index in [1.807, 2.05) is 25.3 Å². The summed E-state index contributed by atoms with van der Waals surface area (Å²) in [6.45, 7) is 4.99. The zero-order valence-corrected chi connectivity index (χ0v) is 12.1. The number of hydrogen-bond donors (Lipinski definition) is 0. The van der Waals surface area contributed by atoms with Crippen molar-refractivity contribution in [2.75, 3.05) is 13.6 Å². The van der Waals surface area contributed by atoms with E-state index in [1.54, 1.807) is 22.3 Å². The highest BCUT2D eigenvalue weighted by Crippen LogP contribution is 2.22. The van der Waals surface area contributed by atoms with Gasteiger partial charge >= 0.3 is 0 Å². The molecule has 0 bridgehead atoms. The Morgan fingerprint density at radius 1 is 1.56 bits per heavy atom. The van der Waals surface area contributed by atoms with E-state index in [4.69, 9.17) is 0 Å². The van der Waals surface area contributed by atoms with Crippen molar-refractivity contribution < 1.29 is 4.79 Å². The number of rotatable bonds is 4. The fraction of sp³-hybridized carbons (Fsp3) is 0.417. The van der Waals surface area contributed by atoms with Gasteiger partial charge in [0.15, 0.2) is 0 Å². The van der Waals surface area contributed by atoms with Gasteiger partial charge in [0, 0.05) is 24.5 Å². The number of halogens is 1. The van der Waals surface area contributed by atoms with Gasteiger partial charge in [-0.25, -0.2) is 0 Å². The molecule has 1 aromatic heterocycles. The van der Waals surface area contributed by atoms with Crippen LogP contribution in [-0.4, -0.2) is 24.4 Å². The van der Waals surface area contributed by atoms with Crippen LogP contribution in [0, 0.1) is 5.92 Å². The minimum absolute atomic E-state index is 0.0539. The summed E-state index contributed by atoms with van der Waals surface area (Å²) in [6.07, 6.45) is 3.48. The Hall–Kier alpha value is -0.610. The summed E-state index contributed by atoms with van der Waals surface area (Å²) in [5, 5.41) is 0. The molecule has 0 fully saturated rings. The lowest BCUT2D eigenvalue weighted by atomic mass is 10.2. The van der Waals surface area contributed by atoms with Crippen LogP contribution in [0.1, 0.15) is 18.7 Å². The standard InChI is InChI=1S/C12H16BrNOS/c1-9(2)8-14(3)12(15)7-5-10-4-6-11(13)16-10/h4-7,9H,8H2,1-3H3/b7-5+. The summed E-state index contributed by atoms with van der Waals surface area (Å²) >= 11 is 5.00. The monoisotopic (exact) mass is 301 g/mol. The van der Waals surface area contributed by atoms with E-state index in [9.17, 15) is 4.79 Å². The number of thiophene rings is 1. The van der Waals surface area contributed by atoms with E-state index in [0.717, 1.165) is 15.2 Å². The predicted octanol–water partition coefficient (Wildman–Crippen LogP) is 3.64.